The molecule has 2 heteroatoms. The maximum Gasteiger partial charge on any atom is 0.145 e. The minimum absolute atomic E-state index is 0.279. The van der Waals surface area contributed by atoms with Crippen molar-refractivity contribution in [2.24, 2.45) is 5.92 Å². The molecule has 2 atom stereocenters. The Hall–Kier alpha value is -6.25. The van der Waals surface area contributed by atoms with E-state index in [9.17, 15) is 0 Å². The third-order valence-electron chi connectivity index (χ3n) is 11.2. The highest BCUT2D eigenvalue weighted by atomic mass is 15.1. The molecule has 1 aromatic heterocycles. The Balaban J connectivity index is 1.16. The molecule has 0 saturated carbocycles. The zero-order chi connectivity index (χ0) is 34.6. The van der Waals surface area contributed by atoms with Crippen molar-refractivity contribution in [2.45, 2.75) is 25.7 Å². The first kappa shape index (κ1) is 30.6. The molecule has 7 aromatic carbocycles. The van der Waals surface area contributed by atoms with E-state index in [1.165, 1.54) is 60.5 Å². The summed E-state index contributed by atoms with van der Waals surface area (Å²) in [5, 5.41) is 5.29. The third kappa shape index (κ3) is 5.06. The van der Waals surface area contributed by atoms with Gasteiger partial charge in [0.05, 0.1) is 11.0 Å². The molecular weight excluding hydrogens is 629 g/mol. The van der Waals surface area contributed by atoms with Crippen LogP contribution in [-0.4, -0.2) is 9.55 Å². The number of allylic oxidation sites excluding steroid dienone is 5. The molecule has 0 N–H and O–H groups in total. The lowest BCUT2D eigenvalue weighted by molar-refractivity contribution is 0.643. The SMILES string of the molecule is CC1C=CC=CC1c1c2ccccc2c(-c2ccc3c(c2)C=CCC3)c2ccc(-c3ccc(-n4c(-c5ccccc5)nc5ccccc54)cc3)cc12. The first-order chi connectivity index (χ1) is 25.7. The summed E-state index contributed by atoms with van der Waals surface area (Å²) in [5.41, 5.74) is 13.5. The molecule has 1 heterocycles. The van der Waals surface area contributed by atoms with E-state index in [-0.39, 0.29) is 5.92 Å². The summed E-state index contributed by atoms with van der Waals surface area (Å²) in [6.07, 6.45) is 16.0. The second-order valence-electron chi connectivity index (χ2n) is 14.3. The van der Waals surface area contributed by atoms with Crippen molar-refractivity contribution in [1.82, 2.24) is 9.55 Å². The van der Waals surface area contributed by atoms with Crippen molar-refractivity contribution >= 4 is 38.7 Å². The lowest BCUT2D eigenvalue weighted by Crippen LogP contribution is -2.09. The third-order valence-corrected chi connectivity index (χ3v) is 11.2. The Bertz CT molecular complexity index is 2740. The van der Waals surface area contributed by atoms with E-state index >= 15 is 0 Å². The highest BCUT2D eigenvalue weighted by Crippen LogP contribution is 2.46. The maximum absolute atomic E-state index is 5.06. The van der Waals surface area contributed by atoms with Gasteiger partial charge >= 0.3 is 0 Å². The van der Waals surface area contributed by atoms with E-state index < -0.39 is 0 Å². The summed E-state index contributed by atoms with van der Waals surface area (Å²) in [7, 11) is 0. The Morgan fingerprint density at radius 1 is 0.596 bits per heavy atom. The summed E-state index contributed by atoms with van der Waals surface area (Å²) in [6.45, 7) is 2.35. The van der Waals surface area contributed by atoms with E-state index in [2.05, 4.69) is 187 Å². The van der Waals surface area contributed by atoms with Gasteiger partial charge in [0.2, 0.25) is 0 Å². The molecule has 0 spiro atoms. The molecule has 2 aliphatic rings. The number of nitrogens with zero attached hydrogens (tertiary/aromatic N) is 2. The number of hydrogen-bond acceptors (Lipinski definition) is 1. The van der Waals surface area contributed by atoms with Gasteiger partial charge in [-0.15, -0.1) is 0 Å². The van der Waals surface area contributed by atoms with Gasteiger partial charge < -0.3 is 0 Å². The van der Waals surface area contributed by atoms with E-state index in [0.717, 1.165) is 41.0 Å². The predicted octanol–water partition coefficient (Wildman–Crippen LogP) is 13.1. The van der Waals surface area contributed by atoms with Crippen LogP contribution in [0.3, 0.4) is 0 Å². The Labute approximate surface area is 304 Å². The topological polar surface area (TPSA) is 17.8 Å². The molecule has 0 saturated heterocycles. The van der Waals surface area contributed by atoms with Gasteiger partial charge in [-0.25, -0.2) is 4.98 Å². The van der Waals surface area contributed by atoms with Gasteiger partial charge in [-0.3, -0.25) is 4.57 Å². The zero-order valence-electron chi connectivity index (χ0n) is 29.2. The van der Waals surface area contributed by atoms with Crippen LogP contribution in [0.5, 0.6) is 0 Å². The molecule has 8 aromatic rings. The van der Waals surface area contributed by atoms with Crippen LogP contribution in [0, 0.1) is 5.92 Å². The van der Waals surface area contributed by atoms with E-state index in [4.69, 9.17) is 4.98 Å². The highest BCUT2D eigenvalue weighted by Gasteiger charge is 2.25. The van der Waals surface area contributed by atoms with Crippen LogP contribution in [0.15, 0.2) is 170 Å². The number of aromatic nitrogens is 2. The van der Waals surface area contributed by atoms with Crippen LogP contribution in [0.2, 0.25) is 0 Å². The van der Waals surface area contributed by atoms with Gasteiger partial charge in [0, 0.05) is 17.2 Å². The normalized spacial score (nSPS) is 16.6. The van der Waals surface area contributed by atoms with Gasteiger partial charge in [0.1, 0.15) is 5.82 Å². The number of aryl methyl sites for hydroxylation is 1. The van der Waals surface area contributed by atoms with Crippen LogP contribution < -0.4 is 0 Å². The van der Waals surface area contributed by atoms with E-state index in [1.807, 2.05) is 0 Å². The van der Waals surface area contributed by atoms with Gasteiger partial charge in [-0.1, -0.05) is 147 Å². The summed E-state index contributed by atoms with van der Waals surface area (Å²) in [5.74, 6) is 1.62. The number of rotatable bonds is 5. The Morgan fingerprint density at radius 3 is 2.19 bits per heavy atom. The van der Waals surface area contributed by atoms with Crippen LogP contribution in [0.1, 0.15) is 36.0 Å². The monoisotopic (exact) mass is 666 g/mol. The lowest BCUT2D eigenvalue weighted by Gasteiger charge is -2.27. The number of para-hydroxylation sites is 2. The molecule has 10 rings (SSSR count). The van der Waals surface area contributed by atoms with Crippen LogP contribution in [0.25, 0.3) is 78.0 Å². The second-order valence-corrected chi connectivity index (χ2v) is 14.3. The molecular formula is C50H38N2. The van der Waals surface area contributed by atoms with Crippen molar-refractivity contribution in [3.05, 3.63) is 187 Å². The van der Waals surface area contributed by atoms with Crippen LogP contribution in [-0.2, 0) is 6.42 Å². The smallest absolute Gasteiger partial charge is 0.145 e. The predicted molar refractivity (Wildman–Crippen MR) is 220 cm³/mol. The molecule has 0 fully saturated rings. The summed E-state index contributed by atoms with van der Waals surface area (Å²) < 4.78 is 2.28. The van der Waals surface area contributed by atoms with Crippen molar-refractivity contribution in [3.63, 3.8) is 0 Å². The standard InChI is InChI=1S/C50H38N2/c1-33-13-5-8-18-41(33)49-43-20-10-9-19-42(43)48(39-24-23-34-14-6-7-17-37(34)31-39)44-30-27-38(32-45(44)49)35-25-28-40(29-26-35)52-47-22-12-11-21-46(47)51-50(52)36-15-3-2-4-16-36/h2-5,7-13,15-33,41H,6,14H2,1H3. The summed E-state index contributed by atoms with van der Waals surface area (Å²) >= 11 is 0. The molecule has 2 aliphatic carbocycles. The van der Waals surface area contributed by atoms with E-state index in [1.54, 1.807) is 0 Å². The quantitative estimate of drug-likeness (QED) is 0.167. The summed E-state index contributed by atoms with van der Waals surface area (Å²) in [4.78, 5) is 5.06. The number of benzene rings is 7. The molecule has 2 unspecified atom stereocenters. The minimum atomic E-state index is 0.279. The van der Waals surface area contributed by atoms with Gasteiger partial charge in [-0.2, -0.15) is 0 Å². The number of fused-ring (bicyclic) bond motifs is 4. The molecule has 0 aliphatic heterocycles. The van der Waals surface area contributed by atoms with Gasteiger partial charge in [-0.05, 0) is 116 Å². The zero-order valence-corrected chi connectivity index (χ0v) is 29.2. The molecule has 52 heavy (non-hydrogen) atoms. The largest absolute Gasteiger partial charge is 0.292 e. The Morgan fingerprint density at radius 2 is 1.33 bits per heavy atom. The fourth-order valence-corrected chi connectivity index (χ4v) is 8.59. The minimum Gasteiger partial charge on any atom is -0.292 e. The Kier molecular flexibility index (Phi) is 7.35. The van der Waals surface area contributed by atoms with Gasteiger partial charge in [0.15, 0.2) is 0 Å². The maximum atomic E-state index is 5.06. The fourth-order valence-electron chi connectivity index (χ4n) is 8.59. The molecule has 0 bridgehead atoms. The van der Waals surface area contributed by atoms with Crippen molar-refractivity contribution in [2.75, 3.05) is 0 Å². The summed E-state index contributed by atoms with van der Waals surface area (Å²) in [6, 6.07) is 51.2. The first-order valence-corrected chi connectivity index (χ1v) is 18.5. The van der Waals surface area contributed by atoms with Crippen LogP contribution >= 0.6 is 0 Å². The van der Waals surface area contributed by atoms with Crippen molar-refractivity contribution in [3.8, 4) is 39.3 Å². The lowest BCUT2D eigenvalue weighted by atomic mass is 9.77. The molecule has 0 amide bonds. The molecule has 0 radical (unpaired) electrons. The number of imidazole rings is 1. The molecule has 248 valence electrons. The fraction of sp³-hybridized carbons (Fsp3) is 0.100. The first-order valence-electron chi connectivity index (χ1n) is 18.5. The van der Waals surface area contributed by atoms with Crippen molar-refractivity contribution < 1.29 is 0 Å². The number of hydrogen-bond donors (Lipinski definition) is 0. The van der Waals surface area contributed by atoms with E-state index in [0.29, 0.717) is 5.92 Å². The van der Waals surface area contributed by atoms with Crippen LogP contribution in [0.4, 0.5) is 0 Å². The highest BCUT2D eigenvalue weighted by molar-refractivity contribution is 6.16. The van der Waals surface area contributed by atoms with Gasteiger partial charge in [0.25, 0.3) is 0 Å². The second kappa shape index (κ2) is 12.5. The average Bonchev–Trinajstić information content (AvgIpc) is 3.60. The van der Waals surface area contributed by atoms with Crippen molar-refractivity contribution in [1.29, 1.82) is 0 Å². The average molecular weight is 667 g/mol. The molecule has 2 nitrogen and oxygen atoms in total.